The molecule has 6 nitrogen and oxygen atoms in total. The Kier molecular flexibility index (Phi) is 6.00. The van der Waals surface area contributed by atoms with Crippen LogP contribution < -0.4 is 0 Å². The van der Waals surface area contributed by atoms with Gasteiger partial charge in [0.25, 0.3) is 0 Å². The van der Waals surface area contributed by atoms with Gasteiger partial charge in [-0.1, -0.05) is 55.7 Å². The number of carbonyl (C=O) groups excluding carboxylic acids is 3. The maximum atomic E-state index is 13.8. The van der Waals surface area contributed by atoms with Gasteiger partial charge in [0.1, 0.15) is 0 Å². The molecule has 2 aliphatic heterocycles. The largest absolute Gasteiger partial charge is 0.342 e. The number of fused-ring (bicyclic) bond motifs is 1. The first-order chi connectivity index (χ1) is 16.1. The van der Waals surface area contributed by atoms with Crippen molar-refractivity contribution in [3.05, 3.63) is 66.0 Å². The molecule has 3 aliphatic rings. The van der Waals surface area contributed by atoms with Gasteiger partial charge in [-0.25, -0.2) is 0 Å². The van der Waals surface area contributed by atoms with E-state index in [0.29, 0.717) is 5.92 Å². The SMILES string of the molecule is O=C(C[C@@]1(c2ccccc2)CC(=O)N(Cc2cccnc2)C1=O)N1CC[C@@H]2CCCC[C@H]2C1. The summed E-state index contributed by atoms with van der Waals surface area (Å²) in [4.78, 5) is 47.8. The monoisotopic (exact) mass is 445 g/mol. The quantitative estimate of drug-likeness (QED) is 0.658. The molecule has 3 heterocycles. The van der Waals surface area contributed by atoms with E-state index in [2.05, 4.69) is 4.98 Å². The number of benzene rings is 1. The van der Waals surface area contributed by atoms with Crippen LogP contribution >= 0.6 is 0 Å². The van der Waals surface area contributed by atoms with E-state index >= 15 is 0 Å². The highest BCUT2D eigenvalue weighted by molar-refractivity contribution is 6.10. The van der Waals surface area contributed by atoms with Gasteiger partial charge >= 0.3 is 0 Å². The van der Waals surface area contributed by atoms with E-state index in [9.17, 15) is 14.4 Å². The third kappa shape index (κ3) is 4.19. The lowest BCUT2D eigenvalue weighted by molar-refractivity contribution is -0.144. The van der Waals surface area contributed by atoms with Crippen LogP contribution in [0, 0.1) is 11.8 Å². The van der Waals surface area contributed by atoms with E-state index in [1.54, 1.807) is 18.5 Å². The van der Waals surface area contributed by atoms with Gasteiger partial charge in [0.2, 0.25) is 17.7 Å². The zero-order chi connectivity index (χ0) is 22.8. The number of rotatable bonds is 5. The van der Waals surface area contributed by atoms with Crippen molar-refractivity contribution in [3.8, 4) is 0 Å². The zero-order valence-electron chi connectivity index (χ0n) is 19.0. The number of nitrogens with zero attached hydrogens (tertiary/aromatic N) is 3. The Morgan fingerprint density at radius 3 is 2.55 bits per heavy atom. The van der Waals surface area contributed by atoms with Crippen molar-refractivity contribution in [2.24, 2.45) is 11.8 Å². The third-order valence-electron chi connectivity index (χ3n) is 7.90. The minimum absolute atomic E-state index is 0.00717. The number of pyridine rings is 1. The van der Waals surface area contributed by atoms with Crippen LogP contribution in [0.3, 0.4) is 0 Å². The Balaban J connectivity index is 1.40. The molecule has 1 saturated carbocycles. The Morgan fingerprint density at radius 1 is 1.00 bits per heavy atom. The molecule has 0 spiro atoms. The molecule has 0 unspecified atom stereocenters. The van der Waals surface area contributed by atoms with Crippen molar-refractivity contribution in [2.75, 3.05) is 13.1 Å². The van der Waals surface area contributed by atoms with Crippen LogP contribution in [0.25, 0.3) is 0 Å². The zero-order valence-corrected chi connectivity index (χ0v) is 19.0. The van der Waals surface area contributed by atoms with E-state index < -0.39 is 5.41 Å². The summed E-state index contributed by atoms with van der Waals surface area (Å²) in [6.07, 6.45) is 9.47. The van der Waals surface area contributed by atoms with Gasteiger partial charge in [-0.3, -0.25) is 24.3 Å². The lowest BCUT2D eigenvalue weighted by Gasteiger charge is -2.42. The smallest absolute Gasteiger partial charge is 0.241 e. The lowest BCUT2D eigenvalue weighted by Crippen LogP contribution is -2.48. The average molecular weight is 446 g/mol. The second-order valence-electron chi connectivity index (χ2n) is 9.88. The highest BCUT2D eigenvalue weighted by Crippen LogP contribution is 2.42. The molecule has 3 atom stereocenters. The molecule has 2 saturated heterocycles. The molecule has 1 aliphatic carbocycles. The number of amides is 3. The highest BCUT2D eigenvalue weighted by Gasteiger charge is 2.54. The Labute approximate surface area is 195 Å². The molecule has 0 N–H and O–H groups in total. The second-order valence-corrected chi connectivity index (χ2v) is 9.88. The van der Waals surface area contributed by atoms with Gasteiger partial charge in [-0.05, 0) is 41.9 Å². The fraction of sp³-hybridized carbons (Fsp3) is 0.481. The summed E-state index contributed by atoms with van der Waals surface area (Å²) in [5, 5.41) is 0. The van der Waals surface area contributed by atoms with Crippen LogP contribution in [0.1, 0.15) is 56.1 Å². The van der Waals surface area contributed by atoms with Crippen molar-refractivity contribution in [1.29, 1.82) is 0 Å². The standard InChI is InChI=1S/C27H31N3O3/c31-24(29-14-12-21-8-4-5-9-22(21)19-29)15-27(23-10-2-1-3-11-23)16-25(32)30(26(27)33)18-20-7-6-13-28-17-20/h1-3,6-7,10-11,13,17,21-22H,4-5,8-9,12,14-16,18-19H2/t21-,22-,27-/m0/s1. The molecule has 3 amide bonds. The van der Waals surface area contributed by atoms with Gasteiger partial charge in [0, 0.05) is 38.3 Å². The summed E-state index contributed by atoms with van der Waals surface area (Å²) in [5.74, 6) is 0.796. The first-order valence-corrected chi connectivity index (χ1v) is 12.1. The average Bonchev–Trinajstić information content (AvgIpc) is 3.09. The van der Waals surface area contributed by atoms with E-state index in [1.807, 2.05) is 41.3 Å². The van der Waals surface area contributed by atoms with Crippen LogP contribution in [-0.2, 0) is 26.3 Å². The lowest BCUT2D eigenvalue weighted by atomic mass is 9.73. The number of hydrogen-bond donors (Lipinski definition) is 0. The van der Waals surface area contributed by atoms with Crippen LogP contribution in [0.4, 0.5) is 0 Å². The number of hydrogen-bond acceptors (Lipinski definition) is 4. The van der Waals surface area contributed by atoms with Crippen molar-refractivity contribution in [2.45, 2.75) is 56.9 Å². The van der Waals surface area contributed by atoms with Crippen molar-refractivity contribution >= 4 is 17.7 Å². The molecule has 6 heteroatoms. The predicted octanol–water partition coefficient (Wildman–Crippen LogP) is 3.71. The highest BCUT2D eigenvalue weighted by atomic mass is 16.2. The minimum atomic E-state index is -1.14. The van der Waals surface area contributed by atoms with Gasteiger partial charge in [0.15, 0.2) is 0 Å². The maximum absolute atomic E-state index is 13.8. The summed E-state index contributed by atoms with van der Waals surface area (Å²) in [5.41, 5.74) is 0.410. The molecule has 0 radical (unpaired) electrons. The normalized spacial score (nSPS) is 27.5. The molecule has 5 rings (SSSR count). The first kappa shape index (κ1) is 21.8. The van der Waals surface area contributed by atoms with Gasteiger partial charge in [-0.15, -0.1) is 0 Å². The van der Waals surface area contributed by atoms with Gasteiger partial charge in [-0.2, -0.15) is 0 Å². The van der Waals surface area contributed by atoms with Crippen molar-refractivity contribution in [3.63, 3.8) is 0 Å². The van der Waals surface area contributed by atoms with Gasteiger partial charge in [0.05, 0.1) is 12.0 Å². The van der Waals surface area contributed by atoms with Gasteiger partial charge < -0.3 is 4.90 Å². The third-order valence-corrected chi connectivity index (χ3v) is 7.90. The van der Waals surface area contributed by atoms with Crippen molar-refractivity contribution in [1.82, 2.24) is 14.8 Å². The van der Waals surface area contributed by atoms with Crippen LogP contribution in [-0.4, -0.2) is 45.6 Å². The summed E-state index contributed by atoms with van der Waals surface area (Å²) in [7, 11) is 0. The second kappa shape index (κ2) is 9.08. The number of carbonyl (C=O) groups is 3. The maximum Gasteiger partial charge on any atom is 0.241 e. The number of aromatic nitrogens is 1. The topological polar surface area (TPSA) is 70.6 Å². The fourth-order valence-electron chi connectivity index (χ4n) is 6.06. The molecule has 2 aromatic rings. The van der Waals surface area contributed by atoms with Crippen LogP contribution in [0.2, 0.25) is 0 Å². The number of imide groups is 1. The summed E-state index contributed by atoms with van der Waals surface area (Å²) in [6.45, 7) is 1.73. The predicted molar refractivity (Wildman–Crippen MR) is 124 cm³/mol. The van der Waals surface area contributed by atoms with Crippen LogP contribution in [0.5, 0.6) is 0 Å². The first-order valence-electron chi connectivity index (χ1n) is 12.1. The fourth-order valence-corrected chi connectivity index (χ4v) is 6.06. The van der Waals surface area contributed by atoms with E-state index in [1.165, 1.54) is 30.6 Å². The Morgan fingerprint density at radius 2 is 1.79 bits per heavy atom. The molecule has 33 heavy (non-hydrogen) atoms. The molecule has 1 aromatic carbocycles. The molecule has 0 bridgehead atoms. The number of likely N-dealkylation sites (tertiary alicyclic amines) is 2. The summed E-state index contributed by atoms with van der Waals surface area (Å²) in [6, 6.07) is 13.0. The molecule has 3 fully saturated rings. The Bertz CT molecular complexity index is 1030. The summed E-state index contributed by atoms with van der Waals surface area (Å²) >= 11 is 0. The summed E-state index contributed by atoms with van der Waals surface area (Å²) < 4.78 is 0. The molecular formula is C27H31N3O3. The van der Waals surface area contributed by atoms with E-state index in [0.717, 1.165) is 36.6 Å². The van der Waals surface area contributed by atoms with Crippen LogP contribution in [0.15, 0.2) is 54.9 Å². The van der Waals surface area contributed by atoms with Crippen molar-refractivity contribution < 1.29 is 14.4 Å². The molecular weight excluding hydrogens is 414 g/mol. The van der Waals surface area contributed by atoms with E-state index in [4.69, 9.17) is 0 Å². The molecule has 1 aromatic heterocycles. The Hall–Kier alpha value is -3.02. The van der Waals surface area contributed by atoms with E-state index in [-0.39, 0.29) is 37.1 Å². The minimum Gasteiger partial charge on any atom is -0.342 e. The molecule has 172 valence electrons. The number of piperidine rings is 1.